The first-order valence-electron chi connectivity index (χ1n) is 3.92. The molecule has 0 saturated heterocycles. The van der Waals surface area contributed by atoms with Gasteiger partial charge in [0.25, 0.3) is 5.56 Å². The average Bonchev–Trinajstić information content (AvgIpc) is 2.20. The fraction of sp³-hybridized carbons (Fsp3) is 0.286. The number of hydrogen-bond donors (Lipinski definition) is 4. The summed E-state index contributed by atoms with van der Waals surface area (Å²) in [5, 5.41) is 5.05. The maximum atomic E-state index is 11.0. The largest absolute Gasteiger partial charge is 0.391 e. The fourth-order valence-electron chi connectivity index (χ4n) is 0.804. The number of aromatic amines is 1. The molecule has 0 aromatic carbocycles. The van der Waals surface area contributed by atoms with Crippen molar-refractivity contribution in [3.63, 3.8) is 0 Å². The molecule has 0 saturated carbocycles. The molecule has 1 aromatic heterocycles. The molecule has 0 fully saturated rings. The van der Waals surface area contributed by atoms with Gasteiger partial charge in [-0.2, -0.15) is 0 Å². The second-order valence-corrected chi connectivity index (χ2v) is 2.52. The Balaban J connectivity index is 2.73. The molecule has 7 heteroatoms. The zero-order valence-electron chi connectivity index (χ0n) is 7.63. The van der Waals surface area contributed by atoms with Gasteiger partial charge in [0.2, 0.25) is 5.91 Å². The van der Waals surface area contributed by atoms with Crippen molar-refractivity contribution in [2.75, 3.05) is 24.6 Å². The van der Waals surface area contributed by atoms with Crippen LogP contribution in [-0.2, 0) is 4.79 Å². The van der Waals surface area contributed by atoms with Crippen molar-refractivity contribution >= 4 is 17.4 Å². The lowest BCUT2D eigenvalue weighted by Gasteiger charge is -2.05. The van der Waals surface area contributed by atoms with Crippen LogP contribution in [0.15, 0.2) is 11.1 Å². The maximum Gasteiger partial charge on any atom is 0.276 e. The second kappa shape index (κ2) is 4.26. The van der Waals surface area contributed by atoms with Gasteiger partial charge in [0.1, 0.15) is 5.69 Å². The van der Waals surface area contributed by atoms with Crippen LogP contribution in [0.5, 0.6) is 0 Å². The van der Waals surface area contributed by atoms with Gasteiger partial charge in [0, 0.05) is 7.05 Å². The Labute approximate surface area is 79.7 Å². The Morgan fingerprint density at radius 2 is 2.43 bits per heavy atom. The van der Waals surface area contributed by atoms with Gasteiger partial charge < -0.3 is 21.4 Å². The zero-order valence-corrected chi connectivity index (χ0v) is 7.63. The van der Waals surface area contributed by atoms with Crippen LogP contribution in [0.25, 0.3) is 0 Å². The van der Waals surface area contributed by atoms with Crippen molar-refractivity contribution in [1.29, 1.82) is 0 Å². The Bertz CT molecular complexity index is 386. The molecule has 0 unspecified atom stereocenters. The van der Waals surface area contributed by atoms with Crippen LogP contribution in [0.2, 0.25) is 0 Å². The summed E-state index contributed by atoms with van der Waals surface area (Å²) in [7, 11) is 1.51. The number of rotatable bonds is 3. The van der Waals surface area contributed by atoms with Crippen LogP contribution in [0.4, 0.5) is 11.5 Å². The topological polar surface area (TPSA) is 113 Å². The van der Waals surface area contributed by atoms with Crippen molar-refractivity contribution in [3.05, 3.63) is 16.7 Å². The summed E-state index contributed by atoms with van der Waals surface area (Å²) in [6.07, 6.45) is 1.21. The van der Waals surface area contributed by atoms with E-state index in [1.807, 2.05) is 0 Å². The number of amides is 1. The quantitative estimate of drug-likeness (QED) is 0.471. The number of H-pyrrole nitrogens is 1. The normalized spacial score (nSPS) is 9.50. The monoisotopic (exact) mass is 197 g/mol. The molecule has 5 N–H and O–H groups in total. The SMILES string of the molecule is CNC(=O)CNc1nc[nH]c(=O)c1N. The number of nitrogens with one attached hydrogen (secondary N) is 3. The highest BCUT2D eigenvalue weighted by atomic mass is 16.1. The molecule has 1 rings (SSSR count). The predicted octanol–water partition coefficient (Wildman–Crippen LogP) is -1.49. The van der Waals surface area contributed by atoms with E-state index in [1.54, 1.807) is 0 Å². The van der Waals surface area contributed by atoms with Gasteiger partial charge in [-0.05, 0) is 0 Å². The van der Waals surface area contributed by atoms with Crippen LogP contribution in [0.3, 0.4) is 0 Å². The summed E-state index contributed by atoms with van der Waals surface area (Å²) in [6, 6.07) is 0. The third-order valence-electron chi connectivity index (χ3n) is 1.58. The molecule has 0 aliphatic carbocycles. The molecular formula is C7H11N5O2. The Hall–Kier alpha value is -2.05. The highest BCUT2D eigenvalue weighted by molar-refractivity contribution is 5.80. The van der Waals surface area contributed by atoms with E-state index >= 15 is 0 Å². The van der Waals surface area contributed by atoms with Crippen molar-refractivity contribution in [2.45, 2.75) is 0 Å². The lowest BCUT2D eigenvalue weighted by Crippen LogP contribution is -2.27. The van der Waals surface area contributed by atoms with Gasteiger partial charge >= 0.3 is 0 Å². The number of anilines is 2. The van der Waals surface area contributed by atoms with E-state index in [9.17, 15) is 9.59 Å². The molecule has 1 amide bonds. The molecule has 76 valence electrons. The fourth-order valence-corrected chi connectivity index (χ4v) is 0.804. The van der Waals surface area contributed by atoms with E-state index in [0.29, 0.717) is 0 Å². The van der Waals surface area contributed by atoms with E-state index in [-0.39, 0.29) is 24.0 Å². The third kappa shape index (κ3) is 2.22. The lowest BCUT2D eigenvalue weighted by molar-refractivity contribution is -0.118. The van der Waals surface area contributed by atoms with Crippen LogP contribution in [-0.4, -0.2) is 29.5 Å². The van der Waals surface area contributed by atoms with Crippen molar-refractivity contribution in [3.8, 4) is 0 Å². The zero-order chi connectivity index (χ0) is 10.6. The maximum absolute atomic E-state index is 11.0. The van der Waals surface area contributed by atoms with Gasteiger partial charge in [-0.1, -0.05) is 0 Å². The lowest BCUT2D eigenvalue weighted by atomic mass is 10.4. The number of likely N-dealkylation sites (N-methyl/N-ethyl adjacent to an activating group) is 1. The predicted molar refractivity (Wildman–Crippen MR) is 51.8 cm³/mol. The molecule has 14 heavy (non-hydrogen) atoms. The minimum Gasteiger partial charge on any atom is -0.391 e. The molecule has 0 spiro atoms. The molecule has 0 aliphatic rings. The molecule has 0 aliphatic heterocycles. The molecule has 1 heterocycles. The van der Waals surface area contributed by atoms with Crippen molar-refractivity contribution < 1.29 is 4.79 Å². The number of carbonyl (C=O) groups excluding carboxylic acids is 1. The summed E-state index contributed by atoms with van der Waals surface area (Å²) in [6.45, 7) is 0.0250. The highest BCUT2D eigenvalue weighted by Gasteiger charge is 2.04. The first-order valence-corrected chi connectivity index (χ1v) is 3.92. The Kier molecular flexibility index (Phi) is 3.05. The van der Waals surface area contributed by atoms with Crippen molar-refractivity contribution in [2.24, 2.45) is 0 Å². The molecule has 0 radical (unpaired) electrons. The van der Waals surface area contributed by atoms with Crippen LogP contribution in [0.1, 0.15) is 0 Å². The van der Waals surface area contributed by atoms with Crippen LogP contribution >= 0.6 is 0 Å². The van der Waals surface area contributed by atoms with Gasteiger partial charge in [-0.3, -0.25) is 9.59 Å². The van der Waals surface area contributed by atoms with Gasteiger partial charge in [-0.25, -0.2) is 4.98 Å². The number of carbonyl (C=O) groups is 1. The number of nitrogen functional groups attached to an aromatic ring is 1. The minimum absolute atomic E-state index is 0.0250. The summed E-state index contributed by atoms with van der Waals surface area (Å²) in [4.78, 5) is 27.9. The van der Waals surface area contributed by atoms with E-state index in [4.69, 9.17) is 5.73 Å². The van der Waals surface area contributed by atoms with E-state index in [0.717, 1.165) is 0 Å². The minimum atomic E-state index is -0.431. The summed E-state index contributed by atoms with van der Waals surface area (Å²) < 4.78 is 0. The number of nitrogens with two attached hydrogens (primary N) is 1. The Morgan fingerprint density at radius 3 is 3.07 bits per heavy atom. The van der Waals surface area contributed by atoms with E-state index in [1.165, 1.54) is 13.4 Å². The third-order valence-corrected chi connectivity index (χ3v) is 1.58. The summed E-state index contributed by atoms with van der Waals surface area (Å²) >= 11 is 0. The Morgan fingerprint density at radius 1 is 1.71 bits per heavy atom. The molecular weight excluding hydrogens is 186 g/mol. The van der Waals surface area contributed by atoms with Crippen LogP contribution < -0.4 is 21.9 Å². The smallest absolute Gasteiger partial charge is 0.276 e. The number of aromatic nitrogens is 2. The number of hydrogen-bond acceptors (Lipinski definition) is 5. The van der Waals surface area contributed by atoms with Crippen molar-refractivity contribution in [1.82, 2.24) is 15.3 Å². The first-order chi connectivity index (χ1) is 6.65. The van der Waals surface area contributed by atoms with E-state index in [2.05, 4.69) is 20.6 Å². The van der Waals surface area contributed by atoms with Crippen LogP contribution in [0, 0.1) is 0 Å². The summed E-state index contributed by atoms with van der Waals surface area (Å²) in [5.41, 5.74) is 4.95. The number of nitrogens with zero attached hydrogens (tertiary/aromatic N) is 1. The first kappa shape index (κ1) is 10.0. The second-order valence-electron chi connectivity index (χ2n) is 2.52. The molecule has 0 bridgehead atoms. The highest BCUT2D eigenvalue weighted by Crippen LogP contribution is 2.05. The van der Waals surface area contributed by atoms with E-state index < -0.39 is 5.56 Å². The summed E-state index contributed by atoms with van der Waals surface area (Å²) in [5.74, 6) is -0.0103. The molecule has 7 nitrogen and oxygen atoms in total. The molecule has 1 aromatic rings. The average molecular weight is 197 g/mol. The molecule has 0 atom stereocenters. The van der Waals surface area contributed by atoms with Gasteiger partial charge in [-0.15, -0.1) is 0 Å². The standard InChI is InChI=1S/C7H11N5O2/c1-9-4(13)2-10-6-5(8)7(14)12-3-11-6/h3H,2,8H2,1H3,(H,9,13)(H2,10,11,12,14). The van der Waals surface area contributed by atoms with Gasteiger partial charge in [0.15, 0.2) is 5.82 Å². The van der Waals surface area contributed by atoms with Gasteiger partial charge in [0.05, 0.1) is 12.9 Å².